The molecule has 0 radical (unpaired) electrons. The van der Waals surface area contributed by atoms with Crippen LogP contribution in [-0.4, -0.2) is 23.5 Å². The van der Waals surface area contributed by atoms with Gasteiger partial charge in [0.1, 0.15) is 5.56 Å². The Kier molecular flexibility index (Phi) is 5.87. The van der Waals surface area contributed by atoms with Crippen molar-refractivity contribution in [3.8, 4) is 0 Å². The number of hydrogen-bond donors (Lipinski definition) is 0. The van der Waals surface area contributed by atoms with Crippen LogP contribution in [0, 0.1) is 5.82 Å². The van der Waals surface area contributed by atoms with E-state index in [4.69, 9.17) is 16.3 Å². The molecule has 0 saturated heterocycles. The molecule has 2 aromatic rings. The molecule has 2 rings (SSSR count). The van der Waals surface area contributed by atoms with Crippen LogP contribution in [0.3, 0.4) is 0 Å². The smallest absolute Gasteiger partial charge is 0.341 e. The highest BCUT2D eigenvalue weighted by Crippen LogP contribution is 2.30. The number of hydrogen-bond acceptors (Lipinski definition) is 4. The number of benzene rings is 1. The van der Waals surface area contributed by atoms with Crippen molar-refractivity contribution in [2.24, 2.45) is 0 Å². The number of ether oxygens (including phenoxy) is 1. The average molecular weight is 351 g/mol. The maximum Gasteiger partial charge on any atom is 0.341 e. The first-order chi connectivity index (χ1) is 11.5. The average Bonchev–Trinajstić information content (AvgIpc) is 2.56. The molecule has 1 heterocycles. The van der Waals surface area contributed by atoms with Crippen molar-refractivity contribution >= 4 is 29.2 Å². The number of anilines is 1. The molecule has 7 heteroatoms. The van der Waals surface area contributed by atoms with Crippen molar-refractivity contribution in [3.63, 3.8) is 0 Å². The van der Waals surface area contributed by atoms with Crippen molar-refractivity contribution in [1.82, 2.24) is 4.98 Å². The van der Waals surface area contributed by atoms with Gasteiger partial charge in [0.2, 0.25) is 5.91 Å². The lowest BCUT2D eigenvalue weighted by molar-refractivity contribution is -0.116. The van der Waals surface area contributed by atoms with Gasteiger partial charge in [-0.1, -0.05) is 41.9 Å². The van der Waals surface area contributed by atoms with Crippen molar-refractivity contribution in [1.29, 1.82) is 0 Å². The number of aromatic nitrogens is 1. The minimum Gasteiger partial charge on any atom is -0.462 e. The van der Waals surface area contributed by atoms with Gasteiger partial charge in [-0.25, -0.2) is 14.2 Å². The minimum absolute atomic E-state index is 0.0832. The van der Waals surface area contributed by atoms with Gasteiger partial charge >= 0.3 is 5.97 Å². The van der Waals surface area contributed by atoms with Crippen LogP contribution in [0.25, 0.3) is 0 Å². The summed E-state index contributed by atoms with van der Waals surface area (Å²) in [4.78, 5) is 29.0. The SMILES string of the molecule is CCOC(=O)c1cnc(Cl)c(F)c1N(Cc1ccccc1)C(C)=O. The number of halogens is 2. The number of carbonyl (C=O) groups excluding carboxylic acids is 2. The molecule has 0 aliphatic heterocycles. The number of carbonyl (C=O) groups is 2. The summed E-state index contributed by atoms with van der Waals surface area (Å²) in [7, 11) is 0. The molecule has 0 spiro atoms. The Labute approximate surface area is 144 Å². The van der Waals surface area contributed by atoms with Crippen molar-refractivity contribution in [2.45, 2.75) is 20.4 Å². The highest BCUT2D eigenvalue weighted by Gasteiger charge is 2.27. The lowest BCUT2D eigenvalue weighted by atomic mass is 10.1. The van der Waals surface area contributed by atoms with Gasteiger partial charge < -0.3 is 9.64 Å². The predicted molar refractivity (Wildman–Crippen MR) is 88.5 cm³/mol. The molecule has 0 unspecified atom stereocenters. The van der Waals surface area contributed by atoms with E-state index >= 15 is 0 Å². The van der Waals surface area contributed by atoms with E-state index in [0.717, 1.165) is 16.7 Å². The van der Waals surface area contributed by atoms with E-state index < -0.39 is 22.8 Å². The third-order valence-electron chi connectivity index (χ3n) is 3.28. The second-order valence-corrected chi connectivity index (χ2v) is 5.29. The van der Waals surface area contributed by atoms with Gasteiger partial charge in [-0.2, -0.15) is 0 Å². The topological polar surface area (TPSA) is 59.5 Å². The zero-order valence-corrected chi connectivity index (χ0v) is 14.0. The molecule has 0 N–H and O–H groups in total. The molecule has 126 valence electrons. The van der Waals surface area contributed by atoms with Crippen LogP contribution in [-0.2, 0) is 16.1 Å². The van der Waals surface area contributed by atoms with Gasteiger partial charge in [-0.15, -0.1) is 0 Å². The van der Waals surface area contributed by atoms with E-state index in [9.17, 15) is 14.0 Å². The van der Waals surface area contributed by atoms with Crippen LogP contribution < -0.4 is 4.90 Å². The van der Waals surface area contributed by atoms with Gasteiger partial charge in [0.15, 0.2) is 11.0 Å². The highest BCUT2D eigenvalue weighted by atomic mass is 35.5. The lowest BCUT2D eigenvalue weighted by Gasteiger charge is -2.24. The first-order valence-electron chi connectivity index (χ1n) is 7.28. The summed E-state index contributed by atoms with van der Waals surface area (Å²) in [5, 5.41) is -0.419. The Morgan fingerprint density at radius 3 is 2.54 bits per heavy atom. The number of esters is 1. The standard InChI is InChI=1S/C17H16ClFN2O3/c1-3-24-17(23)13-9-20-16(18)14(19)15(13)21(11(2)22)10-12-7-5-4-6-8-12/h4-9H,3,10H2,1-2H3. The maximum atomic E-state index is 14.6. The van der Waals surface area contributed by atoms with Crippen LogP contribution >= 0.6 is 11.6 Å². The highest BCUT2D eigenvalue weighted by molar-refractivity contribution is 6.30. The summed E-state index contributed by atoms with van der Waals surface area (Å²) in [6.45, 7) is 3.11. The minimum atomic E-state index is -0.937. The van der Waals surface area contributed by atoms with Gasteiger partial charge in [0.25, 0.3) is 0 Å². The van der Waals surface area contributed by atoms with Gasteiger partial charge in [-0.3, -0.25) is 4.79 Å². The maximum absolute atomic E-state index is 14.6. The molecule has 0 aliphatic carbocycles. The summed E-state index contributed by atoms with van der Waals surface area (Å²) in [6, 6.07) is 9.02. The second-order valence-electron chi connectivity index (χ2n) is 4.94. The molecule has 0 atom stereocenters. The molecular weight excluding hydrogens is 335 g/mol. The summed E-state index contributed by atoms with van der Waals surface area (Å²) in [6.07, 6.45) is 1.11. The summed E-state index contributed by atoms with van der Waals surface area (Å²) in [5.41, 5.74) is 0.393. The van der Waals surface area contributed by atoms with Crippen LogP contribution in [0.1, 0.15) is 29.8 Å². The Hall–Kier alpha value is -2.47. The van der Waals surface area contributed by atoms with E-state index in [1.807, 2.05) is 6.07 Å². The van der Waals surface area contributed by atoms with E-state index in [2.05, 4.69) is 4.98 Å². The fourth-order valence-electron chi connectivity index (χ4n) is 2.19. The van der Waals surface area contributed by atoms with E-state index in [1.165, 1.54) is 6.92 Å². The molecule has 5 nitrogen and oxygen atoms in total. The van der Waals surface area contributed by atoms with Crippen molar-refractivity contribution < 1.29 is 18.7 Å². The van der Waals surface area contributed by atoms with E-state index in [0.29, 0.717) is 0 Å². The molecule has 1 aromatic carbocycles. The first-order valence-corrected chi connectivity index (χ1v) is 7.66. The van der Waals surface area contributed by atoms with Gasteiger partial charge in [0.05, 0.1) is 18.8 Å². The number of nitrogens with zero attached hydrogens (tertiary/aromatic N) is 2. The molecule has 0 fully saturated rings. The van der Waals surface area contributed by atoms with Crippen LogP contribution in [0.15, 0.2) is 36.5 Å². The zero-order valence-electron chi connectivity index (χ0n) is 13.3. The van der Waals surface area contributed by atoms with Crippen LogP contribution in [0.4, 0.5) is 10.1 Å². The zero-order chi connectivity index (χ0) is 17.7. The monoisotopic (exact) mass is 350 g/mol. The van der Waals surface area contributed by atoms with Gasteiger partial charge in [0, 0.05) is 13.1 Å². The summed E-state index contributed by atoms with van der Waals surface area (Å²) < 4.78 is 19.5. The summed E-state index contributed by atoms with van der Waals surface area (Å²) in [5.74, 6) is -2.14. The van der Waals surface area contributed by atoms with Crippen molar-refractivity contribution in [3.05, 3.63) is 58.6 Å². The van der Waals surface area contributed by atoms with Crippen LogP contribution in [0.2, 0.25) is 5.15 Å². The van der Waals surface area contributed by atoms with E-state index in [1.54, 1.807) is 31.2 Å². The third-order valence-corrected chi connectivity index (χ3v) is 3.54. The first kappa shape index (κ1) is 17.9. The normalized spacial score (nSPS) is 10.3. The lowest BCUT2D eigenvalue weighted by Crippen LogP contribution is -2.31. The number of pyridine rings is 1. The number of rotatable bonds is 5. The molecule has 0 saturated carbocycles. The number of amides is 1. The Bertz CT molecular complexity index is 753. The Balaban J connectivity index is 2.54. The fraction of sp³-hybridized carbons (Fsp3) is 0.235. The molecule has 1 amide bonds. The summed E-state index contributed by atoms with van der Waals surface area (Å²) >= 11 is 5.74. The molecular formula is C17H16ClFN2O3. The Morgan fingerprint density at radius 2 is 1.96 bits per heavy atom. The third kappa shape index (κ3) is 3.89. The predicted octanol–water partition coefficient (Wildman–Crippen LogP) is 3.60. The molecule has 24 heavy (non-hydrogen) atoms. The van der Waals surface area contributed by atoms with Gasteiger partial charge in [-0.05, 0) is 12.5 Å². The fourth-order valence-corrected chi connectivity index (χ4v) is 2.33. The second kappa shape index (κ2) is 7.88. The largest absolute Gasteiger partial charge is 0.462 e. The van der Waals surface area contributed by atoms with Crippen molar-refractivity contribution in [2.75, 3.05) is 11.5 Å². The quantitative estimate of drug-likeness (QED) is 0.610. The van der Waals surface area contributed by atoms with Crippen LogP contribution in [0.5, 0.6) is 0 Å². The molecule has 0 bridgehead atoms. The molecule has 1 aromatic heterocycles. The Morgan fingerprint density at radius 1 is 1.29 bits per heavy atom. The molecule has 0 aliphatic rings. The van der Waals surface area contributed by atoms with E-state index in [-0.39, 0.29) is 24.4 Å².